The summed E-state index contributed by atoms with van der Waals surface area (Å²) in [5.74, 6) is -0.729. The minimum atomic E-state index is -1.27. The Morgan fingerprint density at radius 1 is 0.952 bits per heavy atom. The molecule has 0 unspecified atom stereocenters. The van der Waals surface area contributed by atoms with Crippen LogP contribution in [0.25, 0.3) is 0 Å². The first kappa shape index (κ1) is 15.9. The molecule has 0 radical (unpaired) electrons. The lowest BCUT2D eigenvalue weighted by molar-refractivity contribution is 0.0691. The summed E-state index contributed by atoms with van der Waals surface area (Å²) < 4.78 is 26.0. The predicted octanol–water partition coefficient (Wildman–Crippen LogP) is 4.55. The second-order valence-corrected chi connectivity index (χ2v) is 6.43. The lowest BCUT2D eigenvalue weighted by Crippen LogP contribution is -2.00. The Hall–Kier alpha value is -1.53. The van der Waals surface area contributed by atoms with Gasteiger partial charge in [0.05, 0.1) is 5.56 Å². The average molecular weight is 326 g/mol. The summed E-state index contributed by atoms with van der Waals surface area (Å²) in [7, 11) is 0. The monoisotopic (exact) mass is 326 g/mol. The van der Waals surface area contributed by atoms with Crippen molar-refractivity contribution in [3.05, 3.63) is 59.7 Å². The fourth-order valence-electron chi connectivity index (χ4n) is 1.61. The van der Waals surface area contributed by atoms with Gasteiger partial charge in [0.25, 0.3) is 0 Å². The highest BCUT2D eigenvalue weighted by atomic mass is 32.2. The van der Waals surface area contributed by atoms with Crippen LogP contribution in [0, 0.1) is 11.6 Å². The summed E-state index contributed by atoms with van der Waals surface area (Å²) in [6.07, 6.45) is 0. The number of thioether (sulfide) groups is 2. The molecule has 2 aromatic carbocycles. The van der Waals surface area contributed by atoms with Gasteiger partial charge in [0, 0.05) is 21.3 Å². The molecule has 2 aromatic rings. The zero-order chi connectivity index (χ0) is 15.2. The Morgan fingerprint density at radius 2 is 1.52 bits per heavy atom. The zero-order valence-corrected chi connectivity index (χ0v) is 12.5. The van der Waals surface area contributed by atoms with Crippen LogP contribution in [0.3, 0.4) is 0 Å². The van der Waals surface area contributed by atoms with E-state index in [0.29, 0.717) is 4.90 Å². The molecule has 0 aliphatic rings. The molecule has 0 saturated heterocycles. The first-order valence-electron chi connectivity index (χ1n) is 6.10. The van der Waals surface area contributed by atoms with Gasteiger partial charge in [-0.25, -0.2) is 13.6 Å². The number of aromatic carboxylic acids is 1. The molecule has 0 spiro atoms. The number of benzene rings is 2. The minimum Gasteiger partial charge on any atom is -0.478 e. The molecule has 1 N–H and O–H groups in total. The van der Waals surface area contributed by atoms with Crippen molar-refractivity contribution in [1.29, 1.82) is 0 Å². The average Bonchev–Trinajstić information content (AvgIpc) is 2.46. The number of halogens is 2. The molecule has 0 aromatic heterocycles. The van der Waals surface area contributed by atoms with Crippen LogP contribution in [0.2, 0.25) is 0 Å². The Bertz CT molecular complexity index is 630. The molecule has 2 nitrogen and oxygen atoms in total. The van der Waals surface area contributed by atoms with Crippen LogP contribution in [0.4, 0.5) is 8.78 Å². The third-order valence-corrected chi connectivity index (χ3v) is 4.87. The van der Waals surface area contributed by atoms with E-state index in [1.807, 2.05) is 0 Å². The molecule has 0 heterocycles. The molecule has 6 heteroatoms. The summed E-state index contributed by atoms with van der Waals surface area (Å²) in [4.78, 5) is 12.5. The van der Waals surface area contributed by atoms with E-state index in [1.165, 1.54) is 36.0 Å². The maximum atomic E-state index is 13.2. The fourth-order valence-corrected chi connectivity index (χ4v) is 3.44. The number of carbonyl (C=O) groups is 1. The molecule has 0 aliphatic carbocycles. The Kier molecular flexibility index (Phi) is 5.64. The molecule has 21 heavy (non-hydrogen) atoms. The van der Waals surface area contributed by atoms with Gasteiger partial charge in [-0.2, -0.15) is 0 Å². The molecule has 0 saturated carbocycles. The van der Waals surface area contributed by atoms with Gasteiger partial charge in [0.2, 0.25) is 0 Å². The molecule has 0 amide bonds. The van der Waals surface area contributed by atoms with E-state index < -0.39 is 11.8 Å². The molecule has 0 bridgehead atoms. The molecule has 0 aliphatic heterocycles. The first-order chi connectivity index (χ1) is 10.1. The van der Waals surface area contributed by atoms with E-state index in [2.05, 4.69) is 0 Å². The highest BCUT2D eigenvalue weighted by molar-refractivity contribution is 8.03. The van der Waals surface area contributed by atoms with Crippen molar-refractivity contribution in [3.8, 4) is 0 Å². The van der Waals surface area contributed by atoms with Gasteiger partial charge in [-0.1, -0.05) is 0 Å². The normalized spacial score (nSPS) is 10.6. The predicted molar refractivity (Wildman–Crippen MR) is 81.2 cm³/mol. The van der Waals surface area contributed by atoms with Crippen LogP contribution >= 0.6 is 23.5 Å². The summed E-state index contributed by atoms with van der Waals surface area (Å²) in [6, 6.07) is 10.3. The van der Waals surface area contributed by atoms with Gasteiger partial charge >= 0.3 is 5.97 Å². The highest BCUT2D eigenvalue weighted by Gasteiger charge is 2.10. The highest BCUT2D eigenvalue weighted by Crippen LogP contribution is 2.24. The number of carboxylic acids is 1. The van der Waals surface area contributed by atoms with E-state index >= 15 is 0 Å². The first-order valence-corrected chi connectivity index (χ1v) is 8.07. The lowest BCUT2D eigenvalue weighted by Gasteiger charge is -2.04. The molecular formula is C15H12F2O2S2. The Labute approximate surface area is 129 Å². The molecule has 0 fully saturated rings. The third-order valence-electron chi connectivity index (χ3n) is 2.60. The smallest absolute Gasteiger partial charge is 0.338 e. The van der Waals surface area contributed by atoms with E-state index in [1.54, 1.807) is 30.0 Å². The maximum Gasteiger partial charge on any atom is 0.338 e. The van der Waals surface area contributed by atoms with E-state index in [9.17, 15) is 13.6 Å². The number of hydrogen-bond acceptors (Lipinski definition) is 3. The summed E-state index contributed by atoms with van der Waals surface area (Å²) >= 11 is 3.04. The van der Waals surface area contributed by atoms with Crippen molar-refractivity contribution in [3.63, 3.8) is 0 Å². The van der Waals surface area contributed by atoms with Gasteiger partial charge in [0.1, 0.15) is 11.6 Å². The second kappa shape index (κ2) is 7.47. The molecular weight excluding hydrogens is 314 g/mol. The van der Waals surface area contributed by atoms with Gasteiger partial charge in [-0.3, -0.25) is 0 Å². The van der Waals surface area contributed by atoms with Crippen LogP contribution in [0.5, 0.6) is 0 Å². The van der Waals surface area contributed by atoms with Crippen LogP contribution in [0.15, 0.2) is 52.3 Å². The molecule has 110 valence electrons. The van der Waals surface area contributed by atoms with E-state index in [0.717, 1.165) is 16.4 Å². The second-order valence-electron chi connectivity index (χ2n) is 4.10. The summed E-state index contributed by atoms with van der Waals surface area (Å²) in [5.41, 5.74) is -0.314. The van der Waals surface area contributed by atoms with Crippen molar-refractivity contribution in [2.45, 2.75) is 9.79 Å². The van der Waals surface area contributed by atoms with Crippen LogP contribution in [0.1, 0.15) is 10.4 Å². The Balaban J connectivity index is 1.85. The maximum absolute atomic E-state index is 13.2. The van der Waals surface area contributed by atoms with Gasteiger partial charge in [0.15, 0.2) is 0 Å². The number of carboxylic acid groups (broad SMARTS) is 1. The van der Waals surface area contributed by atoms with Gasteiger partial charge in [-0.15, -0.1) is 23.5 Å². The minimum absolute atomic E-state index is 0.263. The van der Waals surface area contributed by atoms with Crippen molar-refractivity contribution in [2.24, 2.45) is 0 Å². The van der Waals surface area contributed by atoms with Crippen molar-refractivity contribution in [2.75, 3.05) is 11.5 Å². The molecule has 0 atom stereocenters. The Morgan fingerprint density at radius 3 is 2.14 bits per heavy atom. The van der Waals surface area contributed by atoms with Crippen LogP contribution in [-0.4, -0.2) is 22.6 Å². The quantitative estimate of drug-likeness (QED) is 0.624. The third kappa shape index (κ3) is 4.75. The summed E-state index contributed by atoms with van der Waals surface area (Å²) in [6.45, 7) is 0. The van der Waals surface area contributed by atoms with Crippen LogP contribution in [-0.2, 0) is 0 Å². The van der Waals surface area contributed by atoms with Crippen molar-refractivity contribution >= 4 is 29.5 Å². The van der Waals surface area contributed by atoms with Gasteiger partial charge < -0.3 is 5.11 Å². The lowest BCUT2D eigenvalue weighted by atomic mass is 10.2. The fraction of sp³-hybridized carbons (Fsp3) is 0.133. The van der Waals surface area contributed by atoms with Crippen molar-refractivity contribution in [1.82, 2.24) is 0 Å². The number of rotatable bonds is 6. The summed E-state index contributed by atoms with van der Waals surface area (Å²) in [5, 5.41) is 8.85. The van der Waals surface area contributed by atoms with Gasteiger partial charge in [-0.05, 0) is 42.5 Å². The van der Waals surface area contributed by atoms with Crippen molar-refractivity contribution < 1.29 is 18.7 Å². The number of hydrogen-bond donors (Lipinski definition) is 1. The van der Waals surface area contributed by atoms with Crippen LogP contribution < -0.4 is 0 Å². The molecule has 2 rings (SSSR count). The topological polar surface area (TPSA) is 37.3 Å². The van der Waals surface area contributed by atoms with E-state index in [-0.39, 0.29) is 11.4 Å². The standard InChI is InChI=1S/C15H12F2O2S2/c16-10-1-3-11(4-2-10)20-7-8-21-12-5-6-14(17)13(9-12)15(18)19/h1-6,9H,7-8H2,(H,18,19). The largest absolute Gasteiger partial charge is 0.478 e. The zero-order valence-electron chi connectivity index (χ0n) is 10.9. The van der Waals surface area contributed by atoms with E-state index in [4.69, 9.17) is 5.11 Å². The SMILES string of the molecule is O=C(O)c1cc(SCCSc2ccc(F)cc2)ccc1F.